The monoisotopic (exact) mass is 515 g/mol. The summed E-state index contributed by atoms with van der Waals surface area (Å²) in [5, 5.41) is 9.59. The molecule has 4 rings (SSSR count). The van der Waals surface area contributed by atoms with E-state index in [9.17, 15) is 9.18 Å². The minimum atomic E-state index is -0.849. The molecule has 1 unspecified atom stereocenters. The third-order valence-corrected chi connectivity index (χ3v) is 5.78. The van der Waals surface area contributed by atoms with Gasteiger partial charge in [-0.05, 0) is 49.7 Å². The number of aromatic nitrogens is 2. The average molecular weight is 516 g/mol. The fraction of sp³-hybridized carbons (Fsp3) is 0.261. The van der Waals surface area contributed by atoms with E-state index in [-0.39, 0.29) is 6.04 Å². The van der Waals surface area contributed by atoms with Crippen LogP contribution in [0.4, 0.5) is 21.6 Å². The number of halogens is 2. The Bertz CT molecular complexity index is 1210. The van der Waals surface area contributed by atoms with Gasteiger partial charge in [-0.2, -0.15) is 0 Å². The Hall–Kier alpha value is -3.24. The van der Waals surface area contributed by atoms with Gasteiger partial charge in [-0.25, -0.2) is 14.4 Å². The van der Waals surface area contributed by atoms with Crippen molar-refractivity contribution in [3.8, 4) is 11.5 Å². The second kappa shape index (κ2) is 10.1. The lowest BCUT2D eigenvalue weighted by molar-refractivity contribution is -0.114. The minimum absolute atomic E-state index is 0.140. The van der Waals surface area contributed by atoms with Gasteiger partial charge in [0.15, 0.2) is 5.83 Å². The van der Waals surface area contributed by atoms with E-state index in [2.05, 4.69) is 41.8 Å². The first-order valence-electron chi connectivity index (χ1n) is 10.3. The summed E-state index contributed by atoms with van der Waals surface area (Å²) in [5.41, 5.74) is 1.57. The smallest absolute Gasteiger partial charge is 0.284 e. The SMILES string of the molecule is COc1cc2ncnc(Nc3cc(Br)ccc3OC)c2cc1NC(=O)C(F)=CC1CCCN1. The number of fused-ring (bicyclic) bond motifs is 1. The summed E-state index contributed by atoms with van der Waals surface area (Å²) >= 11 is 3.45. The molecule has 3 N–H and O–H groups in total. The highest BCUT2D eigenvalue weighted by atomic mass is 79.9. The van der Waals surface area contributed by atoms with Crippen LogP contribution in [0.5, 0.6) is 11.5 Å². The van der Waals surface area contributed by atoms with Crippen LogP contribution >= 0.6 is 15.9 Å². The standard InChI is InChI=1S/C23H23BrFN5O3/c1-32-20-6-5-13(24)8-18(20)29-22-15-10-19(21(33-2)11-17(15)27-12-28-22)30-23(31)16(25)9-14-4-3-7-26-14/h5-6,8-12,14,26H,3-4,7H2,1-2H3,(H,30,31)(H,27,28,29). The fourth-order valence-corrected chi connectivity index (χ4v) is 4.00. The van der Waals surface area contributed by atoms with E-state index in [1.54, 1.807) is 19.2 Å². The summed E-state index contributed by atoms with van der Waals surface area (Å²) in [6, 6.07) is 8.72. The Morgan fingerprint density at radius 2 is 2.00 bits per heavy atom. The molecule has 172 valence electrons. The summed E-state index contributed by atoms with van der Waals surface area (Å²) in [5.74, 6) is -0.229. The molecule has 10 heteroatoms. The van der Waals surface area contributed by atoms with E-state index in [0.29, 0.717) is 39.6 Å². The molecule has 0 radical (unpaired) electrons. The zero-order valence-electron chi connectivity index (χ0n) is 18.1. The Morgan fingerprint density at radius 3 is 2.73 bits per heavy atom. The highest BCUT2D eigenvalue weighted by Crippen LogP contribution is 2.36. The molecule has 0 bridgehead atoms. The van der Waals surface area contributed by atoms with Crippen LogP contribution < -0.4 is 25.4 Å². The van der Waals surface area contributed by atoms with Gasteiger partial charge in [-0.1, -0.05) is 15.9 Å². The maximum absolute atomic E-state index is 14.5. The summed E-state index contributed by atoms with van der Waals surface area (Å²) in [6.45, 7) is 0.813. The Labute approximate surface area is 198 Å². The third-order valence-electron chi connectivity index (χ3n) is 5.28. The number of carbonyl (C=O) groups is 1. The molecule has 1 aliphatic heterocycles. The zero-order valence-corrected chi connectivity index (χ0v) is 19.7. The maximum atomic E-state index is 14.5. The first-order chi connectivity index (χ1) is 16.0. The lowest BCUT2D eigenvalue weighted by Crippen LogP contribution is -2.21. The number of nitrogens with zero attached hydrogens (tertiary/aromatic N) is 2. The predicted molar refractivity (Wildman–Crippen MR) is 129 cm³/mol. The summed E-state index contributed by atoms with van der Waals surface area (Å²) in [4.78, 5) is 21.1. The van der Waals surface area contributed by atoms with Crippen molar-refractivity contribution >= 4 is 49.9 Å². The Kier molecular flexibility index (Phi) is 7.05. The molecule has 1 aliphatic rings. The van der Waals surface area contributed by atoms with Crippen LogP contribution in [-0.4, -0.2) is 42.7 Å². The van der Waals surface area contributed by atoms with Crippen LogP contribution in [0.15, 0.2) is 53.0 Å². The Balaban J connectivity index is 1.68. The molecule has 0 saturated carbocycles. The van der Waals surface area contributed by atoms with Gasteiger partial charge in [0.25, 0.3) is 5.91 Å². The first kappa shape index (κ1) is 22.9. The molecule has 8 nitrogen and oxygen atoms in total. The van der Waals surface area contributed by atoms with Crippen molar-refractivity contribution < 1.29 is 18.7 Å². The van der Waals surface area contributed by atoms with Gasteiger partial charge in [-0.15, -0.1) is 0 Å². The number of amides is 1. The average Bonchev–Trinajstić information content (AvgIpc) is 3.32. The molecule has 1 amide bonds. The topological polar surface area (TPSA) is 97.4 Å². The number of benzene rings is 2. The van der Waals surface area contributed by atoms with Crippen LogP contribution in [0.3, 0.4) is 0 Å². The van der Waals surface area contributed by atoms with Gasteiger partial charge in [0.05, 0.1) is 31.1 Å². The van der Waals surface area contributed by atoms with E-state index in [1.807, 2.05) is 18.2 Å². The number of rotatable bonds is 7. The largest absolute Gasteiger partial charge is 0.495 e. The van der Waals surface area contributed by atoms with Gasteiger partial charge in [0.2, 0.25) is 0 Å². The molecule has 3 aromatic rings. The van der Waals surface area contributed by atoms with Gasteiger partial charge in [0, 0.05) is 22.0 Å². The highest BCUT2D eigenvalue weighted by molar-refractivity contribution is 9.10. The molecular weight excluding hydrogens is 493 g/mol. The van der Waals surface area contributed by atoms with Crippen LogP contribution in [0.1, 0.15) is 12.8 Å². The van der Waals surface area contributed by atoms with Crippen molar-refractivity contribution in [2.45, 2.75) is 18.9 Å². The summed E-state index contributed by atoms with van der Waals surface area (Å²) in [6.07, 6.45) is 4.48. The van der Waals surface area contributed by atoms with E-state index < -0.39 is 11.7 Å². The fourth-order valence-electron chi connectivity index (χ4n) is 3.64. The molecule has 0 aliphatic carbocycles. The van der Waals surface area contributed by atoms with Crippen molar-refractivity contribution in [2.24, 2.45) is 0 Å². The normalized spacial score (nSPS) is 16.0. The number of ether oxygens (including phenoxy) is 2. The van der Waals surface area contributed by atoms with Gasteiger partial charge < -0.3 is 25.4 Å². The molecule has 0 spiro atoms. The lowest BCUT2D eigenvalue weighted by atomic mass is 10.1. The quantitative estimate of drug-likeness (QED) is 0.392. The molecule has 2 aromatic carbocycles. The number of carbonyl (C=O) groups excluding carboxylic acids is 1. The van der Waals surface area contributed by atoms with Crippen LogP contribution in [0, 0.1) is 0 Å². The van der Waals surface area contributed by atoms with Crippen molar-refractivity contribution in [3.05, 3.63) is 53.0 Å². The van der Waals surface area contributed by atoms with Gasteiger partial charge >= 0.3 is 0 Å². The van der Waals surface area contributed by atoms with E-state index >= 15 is 0 Å². The van der Waals surface area contributed by atoms with Gasteiger partial charge in [0.1, 0.15) is 23.6 Å². The number of hydrogen-bond acceptors (Lipinski definition) is 7. The molecule has 1 atom stereocenters. The predicted octanol–water partition coefficient (Wildman–Crippen LogP) is 4.70. The number of nitrogens with one attached hydrogen (secondary N) is 3. The Morgan fingerprint density at radius 1 is 1.18 bits per heavy atom. The summed E-state index contributed by atoms with van der Waals surface area (Å²) in [7, 11) is 3.05. The molecular formula is C23H23BrFN5O3. The number of anilines is 3. The van der Waals surface area contributed by atoms with Crippen molar-refractivity contribution in [1.82, 2.24) is 15.3 Å². The second-order valence-electron chi connectivity index (χ2n) is 7.43. The minimum Gasteiger partial charge on any atom is -0.495 e. The first-order valence-corrected chi connectivity index (χ1v) is 11.1. The van der Waals surface area contributed by atoms with Crippen LogP contribution in [0.25, 0.3) is 10.9 Å². The molecule has 1 saturated heterocycles. The maximum Gasteiger partial charge on any atom is 0.284 e. The number of methoxy groups -OCH3 is 2. The van der Waals surface area contributed by atoms with Crippen LogP contribution in [-0.2, 0) is 4.79 Å². The van der Waals surface area contributed by atoms with E-state index in [0.717, 1.165) is 23.9 Å². The third kappa shape index (κ3) is 5.23. The molecule has 33 heavy (non-hydrogen) atoms. The van der Waals surface area contributed by atoms with Crippen molar-refractivity contribution in [2.75, 3.05) is 31.4 Å². The van der Waals surface area contributed by atoms with Crippen molar-refractivity contribution in [3.63, 3.8) is 0 Å². The van der Waals surface area contributed by atoms with Crippen molar-refractivity contribution in [1.29, 1.82) is 0 Å². The number of hydrogen-bond donors (Lipinski definition) is 3. The highest BCUT2D eigenvalue weighted by Gasteiger charge is 2.19. The van der Waals surface area contributed by atoms with Gasteiger partial charge in [-0.3, -0.25) is 4.79 Å². The van der Waals surface area contributed by atoms with E-state index in [1.165, 1.54) is 19.5 Å². The summed E-state index contributed by atoms with van der Waals surface area (Å²) < 4.78 is 26.2. The molecule has 1 fully saturated rings. The second-order valence-corrected chi connectivity index (χ2v) is 8.35. The zero-order chi connectivity index (χ0) is 23.4. The van der Waals surface area contributed by atoms with Crippen LogP contribution in [0.2, 0.25) is 0 Å². The molecule has 1 aromatic heterocycles. The lowest BCUT2D eigenvalue weighted by Gasteiger charge is -2.15. The van der Waals surface area contributed by atoms with E-state index in [4.69, 9.17) is 9.47 Å². The molecule has 2 heterocycles.